The number of nitrogens with one attached hydrogen (secondary N) is 2. The van der Waals surface area contributed by atoms with Crippen molar-refractivity contribution in [2.24, 2.45) is 0 Å². The van der Waals surface area contributed by atoms with Crippen LogP contribution in [-0.4, -0.2) is 35.2 Å². The van der Waals surface area contributed by atoms with Crippen LogP contribution in [0.4, 0.5) is 5.95 Å². The number of amides is 1. The molecular formula is C20H22N4O2. The summed E-state index contributed by atoms with van der Waals surface area (Å²) in [4.78, 5) is 17.2. The van der Waals surface area contributed by atoms with E-state index in [4.69, 9.17) is 4.74 Å². The van der Waals surface area contributed by atoms with Crippen LogP contribution < -0.4 is 15.4 Å². The van der Waals surface area contributed by atoms with Crippen molar-refractivity contribution in [1.29, 1.82) is 0 Å². The molecular weight excluding hydrogens is 328 g/mol. The molecule has 0 saturated carbocycles. The van der Waals surface area contributed by atoms with Gasteiger partial charge in [-0.05, 0) is 43.7 Å². The Bertz CT molecular complexity index is 928. The Morgan fingerprint density at radius 2 is 2.19 bits per heavy atom. The highest BCUT2D eigenvalue weighted by Crippen LogP contribution is 2.27. The third-order valence-corrected chi connectivity index (χ3v) is 4.72. The van der Waals surface area contributed by atoms with Gasteiger partial charge in [0.15, 0.2) is 0 Å². The predicted molar refractivity (Wildman–Crippen MR) is 102 cm³/mol. The molecule has 2 heterocycles. The average molecular weight is 350 g/mol. The Balaban J connectivity index is 1.70. The van der Waals surface area contributed by atoms with Gasteiger partial charge in [0.2, 0.25) is 11.9 Å². The van der Waals surface area contributed by atoms with E-state index < -0.39 is 0 Å². The number of para-hydroxylation sites is 2. The Morgan fingerprint density at radius 1 is 1.31 bits per heavy atom. The van der Waals surface area contributed by atoms with Crippen LogP contribution in [0.1, 0.15) is 19.3 Å². The van der Waals surface area contributed by atoms with E-state index in [9.17, 15) is 4.79 Å². The number of hydrogen-bond donors (Lipinski definition) is 2. The van der Waals surface area contributed by atoms with Crippen molar-refractivity contribution >= 4 is 22.9 Å². The van der Waals surface area contributed by atoms with E-state index in [0.29, 0.717) is 12.4 Å². The van der Waals surface area contributed by atoms with E-state index in [0.717, 1.165) is 41.9 Å². The fourth-order valence-corrected chi connectivity index (χ4v) is 3.45. The summed E-state index contributed by atoms with van der Waals surface area (Å²) in [5, 5.41) is 6.35. The standard InChI is InChI=1S/C20H22N4O2/c1-26-16-8-4-7-15(13-16)24-18-10-3-2-9-17(18)22-20(24)23-19(25)12-14-6-5-11-21-14/h2-4,7-10,13-14,21H,5-6,11-12H2,1H3,(H,22,23,25). The summed E-state index contributed by atoms with van der Waals surface area (Å²) >= 11 is 0. The van der Waals surface area contributed by atoms with Crippen molar-refractivity contribution in [1.82, 2.24) is 14.9 Å². The lowest BCUT2D eigenvalue weighted by Gasteiger charge is -2.13. The maximum absolute atomic E-state index is 12.5. The summed E-state index contributed by atoms with van der Waals surface area (Å²) in [5.41, 5.74) is 2.67. The number of nitrogens with zero attached hydrogens (tertiary/aromatic N) is 2. The predicted octanol–water partition coefficient (Wildman–Crippen LogP) is 3.11. The largest absolute Gasteiger partial charge is 0.497 e. The molecule has 1 atom stereocenters. The van der Waals surface area contributed by atoms with Crippen LogP contribution >= 0.6 is 0 Å². The number of hydrogen-bond acceptors (Lipinski definition) is 4. The second-order valence-electron chi connectivity index (χ2n) is 6.51. The minimum atomic E-state index is -0.0242. The maximum atomic E-state index is 12.5. The van der Waals surface area contributed by atoms with Gasteiger partial charge in [-0.2, -0.15) is 0 Å². The van der Waals surface area contributed by atoms with E-state index in [1.54, 1.807) is 7.11 Å². The topological polar surface area (TPSA) is 68.2 Å². The van der Waals surface area contributed by atoms with E-state index >= 15 is 0 Å². The molecule has 2 N–H and O–H groups in total. The number of benzene rings is 2. The van der Waals surface area contributed by atoms with Crippen molar-refractivity contribution in [2.75, 3.05) is 19.0 Å². The van der Waals surface area contributed by atoms with Gasteiger partial charge in [-0.25, -0.2) is 4.98 Å². The zero-order chi connectivity index (χ0) is 17.9. The summed E-state index contributed by atoms with van der Waals surface area (Å²) < 4.78 is 7.30. The number of imidazole rings is 1. The van der Waals surface area contributed by atoms with Gasteiger partial charge in [0, 0.05) is 18.5 Å². The summed E-state index contributed by atoms with van der Waals surface area (Å²) in [5.74, 6) is 1.26. The first kappa shape index (κ1) is 16.6. The average Bonchev–Trinajstić information content (AvgIpc) is 3.28. The Labute approximate surface area is 152 Å². The first-order valence-corrected chi connectivity index (χ1v) is 8.90. The second kappa shape index (κ2) is 7.17. The lowest BCUT2D eigenvalue weighted by Crippen LogP contribution is -2.28. The molecule has 26 heavy (non-hydrogen) atoms. The molecule has 0 bridgehead atoms. The van der Waals surface area contributed by atoms with Crippen molar-refractivity contribution in [3.05, 3.63) is 48.5 Å². The molecule has 6 heteroatoms. The van der Waals surface area contributed by atoms with E-state index in [2.05, 4.69) is 15.6 Å². The molecule has 134 valence electrons. The number of carbonyl (C=O) groups excluding carboxylic acids is 1. The molecule has 4 rings (SSSR count). The van der Waals surface area contributed by atoms with E-state index in [1.165, 1.54) is 0 Å². The summed E-state index contributed by atoms with van der Waals surface area (Å²) in [6.45, 7) is 0.986. The summed E-state index contributed by atoms with van der Waals surface area (Å²) in [6.07, 6.45) is 2.63. The normalized spacial score (nSPS) is 16.7. The summed E-state index contributed by atoms with van der Waals surface area (Å²) in [7, 11) is 1.64. The number of carbonyl (C=O) groups is 1. The summed E-state index contributed by atoms with van der Waals surface area (Å²) in [6, 6.07) is 15.8. The minimum absolute atomic E-state index is 0.0242. The number of ether oxygens (including phenoxy) is 1. The molecule has 3 aromatic rings. The first-order chi connectivity index (χ1) is 12.7. The minimum Gasteiger partial charge on any atom is -0.497 e. The Hall–Kier alpha value is -2.86. The van der Waals surface area contributed by atoms with Crippen LogP contribution in [0.3, 0.4) is 0 Å². The third-order valence-electron chi connectivity index (χ3n) is 4.72. The van der Waals surface area contributed by atoms with Crippen molar-refractivity contribution in [2.45, 2.75) is 25.3 Å². The van der Waals surface area contributed by atoms with Gasteiger partial charge in [-0.15, -0.1) is 0 Å². The van der Waals surface area contributed by atoms with Gasteiger partial charge in [-0.1, -0.05) is 18.2 Å². The lowest BCUT2D eigenvalue weighted by molar-refractivity contribution is -0.116. The Kier molecular flexibility index (Phi) is 4.58. The van der Waals surface area contributed by atoms with Crippen LogP contribution in [0.25, 0.3) is 16.7 Å². The van der Waals surface area contributed by atoms with Gasteiger partial charge in [0.05, 0.1) is 23.8 Å². The molecule has 1 fully saturated rings. The molecule has 1 aliphatic heterocycles. The van der Waals surface area contributed by atoms with E-state index in [-0.39, 0.29) is 11.9 Å². The SMILES string of the molecule is COc1cccc(-n2c(NC(=O)CC3CCCN3)nc3ccccc32)c1. The second-order valence-corrected chi connectivity index (χ2v) is 6.51. The van der Waals surface area contributed by atoms with Crippen molar-refractivity contribution in [3.8, 4) is 11.4 Å². The number of rotatable bonds is 5. The van der Waals surface area contributed by atoms with Crippen LogP contribution in [0.15, 0.2) is 48.5 Å². The highest BCUT2D eigenvalue weighted by Gasteiger charge is 2.20. The smallest absolute Gasteiger partial charge is 0.228 e. The monoisotopic (exact) mass is 350 g/mol. The highest BCUT2D eigenvalue weighted by molar-refractivity contribution is 5.92. The van der Waals surface area contributed by atoms with Gasteiger partial charge in [0.1, 0.15) is 5.75 Å². The van der Waals surface area contributed by atoms with Crippen LogP contribution in [0.2, 0.25) is 0 Å². The van der Waals surface area contributed by atoms with Crippen molar-refractivity contribution < 1.29 is 9.53 Å². The molecule has 6 nitrogen and oxygen atoms in total. The quantitative estimate of drug-likeness (QED) is 0.742. The number of fused-ring (bicyclic) bond motifs is 1. The van der Waals surface area contributed by atoms with Crippen LogP contribution in [0, 0.1) is 0 Å². The number of aromatic nitrogens is 2. The van der Waals surface area contributed by atoms with Crippen LogP contribution in [0.5, 0.6) is 5.75 Å². The number of methoxy groups -OCH3 is 1. The fourth-order valence-electron chi connectivity index (χ4n) is 3.45. The Morgan fingerprint density at radius 3 is 3.00 bits per heavy atom. The third kappa shape index (κ3) is 3.28. The zero-order valence-electron chi connectivity index (χ0n) is 14.7. The molecule has 1 aliphatic rings. The van der Waals surface area contributed by atoms with Gasteiger partial charge in [0.25, 0.3) is 0 Å². The van der Waals surface area contributed by atoms with Crippen LogP contribution in [-0.2, 0) is 4.79 Å². The molecule has 1 unspecified atom stereocenters. The van der Waals surface area contributed by atoms with Crippen molar-refractivity contribution in [3.63, 3.8) is 0 Å². The molecule has 1 aromatic heterocycles. The highest BCUT2D eigenvalue weighted by atomic mass is 16.5. The molecule has 2 aromatic carbocycles. The maximum Gasteiger partial charge on any atom is 0.228 e. The molecule has 0 radical (unpaired) electrons. The lowest BCUT2D eigenvalue weighted by atomic mass is 10.1. The zero-order valence-corrected chi connectivity index (χ0v) is 14.7. The molecule has 1 saturated heterocycles. The molecule has 0 aliphatic carbocycles. The number of anilines is 1. The molecule has 0 spiro atoms. The fraction of sp³-hybridized carbons (Fsp3) is 0.300. The first-order valence-electron chi connectivity index (χ1n) is 8.90. The molecule has 1 amide bonds. The van der Waals surface area contributed by atoms with E-state index in [1.807, 2.05) is 53.1 Å². The van der Waals surface area contributed by atoms with Gasteiger partial charge >= 0.3 is 0 Å². The van der Waals surface area contributed by atoms with Gasteiger partial charge < -0.3 is 10.1 Å². The van der Waals surface area contributed by atoms with Gasteiger partial charge in [-0.3, -0.25) is 14.7 Å².